The SMILES string of the molecule is CCCC(C)(C)c1ccc(N(c2ccccc2)c2ccc(C(C)(C)CCC)cc2)cc1. The highest BCUT2D eigenvalue weighted by atomic mass is 15.1. The van der Waals surface area contributed by atoms with Gasteiger partial charge >= 0.3 is 0 Å². The van der Waals surface area contributed by atoms with Crippen LogP contribution < -0.4 is 4.90 Å². The van der Waals surface area contributed by atoms with Gasteiger partial charge in [-0.3, -0.25) is 0 Å². The summed E-state index contributed by atoms with van der Waals surface area (Å²) < 4.78 is 0. The highest BCUT2D eigenvalue weighted by Crippen LogP contribution is 2.38. The average Bonchev–Trinajstić information content (AvgIpc) is 2.75. The van der Waals surface area contributed by atoms with Crippen molar-refractivity contribution in [3.05, 3.63) is 90.0 Å². The Morgan fingerprint density at radius 3 is 1.23 bits per heavy atom. The van der Waals surface area contributed by atoms with E-state index in [1.807, 2.05) is 0 Å². The fourth-order valence-electron chi connectivity index (χ4n) is 4.69. The second-order valence-corrected chi connectivity index (χ2v) is 10.0. The summed E-state index contributed by atoms with van der Waals surface area (Å²) in [5.41, 5.74) is 6.80. The highest BCUT2D eigenvalue weighted by molar-refractivity contribution is 5.76. The van der Waals surface area contributed by atoms with Crippen LogP contribution in [0.5, 0.6) is 0 Å². The zero-order chi connectivity index (χ0) is 22.5. The van der Waals surface area contributed by atoms with Crippen LogP contribution in [0.2, 0.25) is 0 Å². The Kier molecular flexibility index (Phi) is 7.26. The van der Waals surface area contributed by atoms with Crippen LogP contribution in [0.3, 0.4) is 0 Å². The third-order valence-electron chi connectivity index (χ3n) is 6.58. The normalized spacial score (nSPS) is 12.1. The van der Waals surface area contributed by atoms with Crippen molar-refractivity contribution in [3.8, 4) is 0 Å². The van der Waals surface area contributed by atoms with Crippen molar-refractivity contribution in [1.29, 1.82) is 0 Å². The molecular formula is C30H39N. The molecule has 3 aromatic carbocycles. The van der Waals surface area contributed by atoms with Gasteiger partial charge in [-0.25, -0.2) is 0 Å². The van der Waals surface area contributed by atoms with Gasteiger partial charge < -0.3 is 4.90 Å². The molecule has 0 amide bonds. The molecule has 0 spiro atoms. The summed E-state index contributed by atoms with van der Waals surface area (Å²) in [6.07, 6.45) is 4.80. The van der Waals surface area contributed by atoms with E-state index in [1.165, 1.54) is 53.9 Å². The Labute approximate surface area is 190 Å². The number of hydrogen-bond donors (Lipinski definition) is 0. The third-order valence-corrected chi connectivity index (χ3v) is 6.58. The molecule has 0 bridgehead atoms. The van der Waals surface area contributed by atoms with E-state index in [0.29, 0.717) is 0 Å². The molecule has 3 aromatic rings. The lowest BCUT2D eigenvalue weighted by Gasteiger charge is -2.29. The minimum absolute atomic E-state index is 0.206. The Balaban J connectivity index is 1.99. The average molecular weight is 414 g/mol. The Hall–Kier alpha value is -2.54. The van der Waals surface area contributed by atoms with Crippen LogP contribution in [0.1, 0.15) is 78.4 Å². The largest absolute Gasteiger partial charge is 0.311 e. The lowest BCUT2D eigenvalue weighted by atomic mass is 9.80. The first kappa shape index (κ1) is 23.1. The maximum Gasteiger partial charge on any atom is 0.0461 e. The molecule has 0 aliphatic heterocycles. The van der Waals surface area contributed by atoms with E-state index in [1.54, 1.807) is 0 Å². The van der Waals surface area contributed by atoms with Crippen molar-refractivity contribution in [1.82, 2.24) is 0 Å². The van der Waals surface area contributed by atoms with Gasteiger partial charge in [0.2, 0.25) is 0 Å². The molecule has 0 aromatic heterocycles. The van der Waals surface area contributed by atoms with E-state index in [0.717, 1.165) is 0 Å². The highest BCUT2D eigenvalue weighted by Gasteiger charge is 2.22. The van der Waals surface area contributed by atoms with Gasteiger partial charge in [0.05, 0.1) is 0 Å². The molecular weight excluding hydrogens is 374 g/mol. The van der Waals surface area contributed by atoms with E-state index < -0.39 is 0 Å². The molecule has 1 heteroatoms. The van der Waals surface area contributed by atoms with Gasteiger partial charge in [0, 0.05) is 17.1 Å². The Morgan fingerprint density at radius 1 is 0.516 bits per heavy atom. The molecule has 0 saturated carbocycles. The van der Waals surface area contributed by atoms with Gasteiger partial charge in [-0.2, -0.15) is 0 Å². The minimum atomic E-state index is 0.206. The lowest BCUT2D eigenvalue weighted by molar-refractivity contribution is 0.473. The molecule has 0 saturated heterocycles. The molecule has 3 rings (SSSR count). The topological polar surface area (TPSA) is 3.24 Å². The van der Waals surface area contributed by atoms with Crippen molar-refractivity contribution >= 4 is 17.1 Å². The van der Waals surface area contributed by atoms with Gasteiger partial charge in [-0.05, 0) is 71.2 Å². The van der Waals surface area contributed by atoms with Crippen LogP contribution in [-0.2, 0) is 10.8 Å². The molecule has 0 radical (unpaired) electrons. The third kappa shape index (κ3) is 5.39. The summed E-state index contributed by atoms with van der Waals surface area (Å²) in [5, 5.41) is 0. The van der Waals surface area contributed by atoms with Gasteiger partial charge in [-0.1, -0.05) is 96.8 Å². The predicted octanol–water partition coefficient (Wildman–Crippen LogP) is 9.31. The summed E-state index contributed by atoms with van der Waals surface area (Å²) in [5.74, 6) is 0. The molecule has 0 heterocycles. The van der Waals surface area contributed by atoms with Crippen LogP contribution in [0.25, 0.3) is 0 Å². The van der Waals surface area contributed by atoms with E-state index >= 15 is 0 Å². The summed E-state index contributed by atoms with van der Waals surface area (Å²) in [6.45, 7) is 13.9. The molecule has 0 aliphatic rings. The van der Waals surface area contributed by atoms with Crippen LogP contribution in [0.15, 0.2) is 78.9 Å². The molecule has 0 fully saturated rings. The first-order valence-corrected chi connectivity index (χ1v) is 11.8. The van der Waals surface area contributed by atoms with E-state index in [9.17, 15) is 0 Å². The van der Waals surface area contributed by atoms with Crippen molar-refractivity contribution in [2.24, 2.45) is 0 Å². The fourth-order valence-corrected chi connectivity index (χ4v) is 4.69. The molecule has 31 heavy (non-hydrogen) atoms. The molecule has 0 N–H and O–H groups in total. The van der Waals surface area contributed by atoms with Gasteiger partial charge in [0.1, 0.15) is 0 Å². The number of nitrogens with zero attached hydrogens (tertiary/aromatic N) is 1. The maximum atomic E-state index is 2.35. The van der Waals surface area contributed by atoms with Gasteiger partial charge in [-0.15, -0.1) is 0 Å². The molecule has 0 atom stereocenters. The molecule has 1 nitrogen and oxygen atoms in total. The summed E-state index contributed by atoms with van der Waals surface area (Å²) in [6, 6.07) is 29.0. The van der Waals surface area contributed by atoms with Crippen molar-refractivity contribution < 1.29 is 0 Å². The molecule has 0 unspecified atom stereocenters. The van der Waals surface area contributed by atoms with Crippen LogP contribution in [0, 0.1) is 0 Å². The standard InChI is InChI=1S/C30H39N/c1-7-22-29(3,4)24-14-18-27(19-15-24)31(26-12-10-9-11-13-26)28-20-16-25(17-21-28)30(5,6)23-8-2/h9-21H,7-8,22-23H2,1-6H3. The summed E-state index contributed by atoms with van der Waals surface area (Å²) in [7, 11) is 0. The number of rotatable bonds is 9. The smallest absolute Gasteiger partial charge is 0.0461 e. The van der Waals surface area contributed by atoms with Crippen LogP contribution >= 0.6 is 0 Å². The minimum Gasteiger partial charge on any atom is -0.311 e. The zero-order valence-electron chi connectivity index (χ0n) is 20.3. The maximum absolute atomic E-state index is 2.35. The van der Waals surface area contributed by atoms with E-state index in [4.69, 9.17) is 0 Å². The quantitative estimate of drug-likeness (QED) is 0.338. The predicted molar refractivity (Wildman–Crippen MR) is 137 cm³/mol. The van der Waals surface area contributed by atoms with Crippen molar-refractivity contribution in [2.45, 2.75) is 78.1 Å². The van der Waals surface area contributed by atoms with Gasteiger partial charge in [0.25, 0.3) is 0 Å². The van der Waals surface area contributed by atoms with E-state index in [-0.39, 0.29) is 10.8 Å². The Morgan fingerprint density at radius 2 is 0.871 bits per heavy atom. The van der Waals surface area contributed by atoms with Gasteiger partial charge in [0.15, 0.2) is 0 Å². The number of hydrogen-bond acceptors (Lipinski definition) is 1. The number of para-hydroxylation sites is 1. The first-order chi connectivity index (χ1) is 14.8. The molecule has 164 valence electrons. The number of anilines is 3. The summed E-state index contributed by atoms with van der Waals surface area (Å²) >= 11 is 0. The Bertz CT molecular complexity index is 872. The van der Waals surface area contributed by atoms with Crippen molar-refractivity contribution in [2.75, 3.05) is 4.90 Å². The monoisotopic (exact) mass is 413 g/mol. The van der Waals surface area contributed by atoms with Crippen LogP contribution in [-0.4, -0.2) is 0 Å². The second-order valence-electron chi connectivity index (χ2n) is 10.0. The lowest BCUT2D eigenvalue weighted by Crippen LogP contribution is -2.18. The molecule has 0 aliphatic carbocycles. The van der Waals surface area contributed by atoms with Crippen LogP contribution in [0.4, 0.5) is 17.1 Å². The zero-order valence-corrected chi connectivity index (χ0v) is 20.3. The van der Waals surface area contributed by atoms with E-state index in [2.05, 4.69) is 125 Å². The fraction of sp³-hybridized carbons (Fsp3) is 0.400. The first-order valence-electron chi connectivity index (χ1n) is 11.8. The van der Waals surface area contributed by atoms with Crippen molar-refractivity contribution in [3.63, 3.8) is 0 Å². The second kappa shape index (κ2) is 9.73. The number of benzene rings is 3. The summed E-state index contributed by atoms with van der Waals surface area (Å²) in [4.78, 5) is 2.35.